The molecule has 0 aliphatic carbocycles. The molecular weight excluding hydrogens is 254 g/mol. The molecule has 0 aromatic carbocycles. The van der Waals surface area contributed by atoms with Gasteiger partial charge in [-0.2, -0.15) is 0 Å². The first-order valence-electron chi connectivity index (χ1n) is 8.09. The molecule has 0 unspecified atom stereocenters. The van der Waals surface area contributed by atoms with E-state index in [1.165, 1.54) is 25.9 Å². The highest BCUT2D eigenvalue weighted by atomic mass is 16.5. The lowest BCUT2D eigenvalue weighted by Crippen LogP contribution is -2.60. The van der Waals surface area contributed by atoms with Gasteiger partial charge in [0.25, 0.3) is 0 Å². The standard InChI is InChI=1S/C15H27N3O2/c16-15(5-11-20-12-6-15)14(19)18-9-3-13(4-10-18)17-7-1-2-8-17/h13H,1-12,16H2. The number of rotatable bonds is 2. The van der Waals surface area contributed by atoms with Gasteiger partial charge in [0, 0.05) is 32.3 Å². The van der Waals surface area contributed by atoms with Crippen molar-refractivity contribution in [1.82, 2.24) is 9.80 Å². The molecule has 0 atom stereocenters. The van der Waals surface area contributed by atoms with Gasteiger partial charge in [-0.25, -0.2) is 0 Å². The van der Waals surface area contributed by atoms with Crippen molar-refractivity contribution in [3.8, 4) is 0 Å². The number of carbonyl (C=O) groups is 1. The largest absolute Gasteiger partial charge is 0.381 e. The number of hydrogen-bond acceptors (Lipinski definition) is 4. The van der Waals surface area contributed by atoms with E-state index in [1.54, 1.807) is 0 Å². The minimum atomic E-state index is -0.668. The van der Waals surface area contributed by atoms with Gasteiger partial charge >= 0.3 is 0 Å². The summed E-state index contributed by atoms with van der Waals surface area (Å²) in [5, 5.41) is 0. The molecule has 5 nitrogen and oxygen atoms in total. The van der Waals surface area contributed by atoms with Crippen LogP contribution in [0.4, 0.5) is 0 Å². The van der Waals surface area contributed by atoms with Gasteiger partial charge in [0.2, 0.25) is 5.91 Å². The number of hydrogen-bond donors (Lipinski definition) is 1. The number of ether oxygens (including phenoxy) is 1. The van der Waals surface area contributed by atoms with Crippen LogP contribution in [0.2, 0.25) is 0 Å². The molecule has 3 fully saturated rings. The van der Waals surface area contributed by atoms with Crippen molar-refractivity contribution in [2.75, 3.05) is 39.4 Å². The number of carbonyl (C=O) groups excluding carboxylic acids is 1. The minimum absolute atomic E-state index is 0.153. The van der Waals surface area contributed by atoms with Gasteiger partial charge in [0.1, 0.15) is 0 Å². The Hall–Kier alpha value is -0.650. The highest BCUT2D eigenvalue weighted by Gasteiger charge is 2.40. The molecule has 20 heavy (non-hydrogen) atoms. The molecule has 3 rings (SSSR count). The average molecular weight is 281 g/mol. The molecule has 3 aliphatic rings. The fourth-order valence-corrected chi connectivity index (χ4v) is 3.81. The van der Waals surface area contributed by atoms with Crippen LogP contribution in [-0.2, 0) is 9.53 Å². The highest BCUT2D eigenvalue weighted by molar-refractivity contribution is 5.86. The van der Waals surface area contributed by atoms with Gasteiger partial charge in [-0.05, 0) is 51.6 Å². The van der Waals surface area contributed by atoms with Crippen molar-refractivity contribution < 1.29 is 9.53 Å². The molecule has 5 heteroatoms. The number of piperidine rings is 1. The van der Waals surface area contributed by atoms with Crippen LogP contribution < -0.4 is 5.73 Å². The molecule has 0 spiro atoms. The Balaban J connectivity index is 1.53. The van der Waals surface area contributed by atoms with Crippen molar-refractivity contribution in [2.45, 2.75) is 50.1 Å². The van der Waals surface area contributed by atoms with Gasteiger partial charge in [-0.3, -0.25) is 4.79 Å². The summed E-state index contributed by atoms with van der Waals surface area (Å²) >= 11 is 0. The molecule has 3 saturated heterocycles. The minimum Gasteiger partial charge on any atom is -0.381 e. The van der Waals surface area contributed by atoms with Crippen molar-refractivity contribution >= 4 is 5.91 Å². The van der Waals surface area contributed by atoms with E-state index in [2.05, 4.69) is 4.90 Å². The predicted molar refractivity (Wildman–Crippen MR) is 77.4 cm³/mol. The second-order valence-electron chi connectivity index (χ2n) is 6.53. The van der Waals surface area contributed by atoms with Crippen LogP contribution in [0.3, 0.4) is 0 Å². The first-order valence-corrected chi connectivity index (χ1v) is 8.09. The van der Waals surface area contributed by atoms with Crippen molar-refractivity contribution in [1.29, 1.82) is 0 Å². The van der Waals surface area contributed by atoms with Crippen LogP contribution in [-0.4, -0.2) is 66.7 Å². The number of amides is 1. The summed E-state index contributed by atoms with van der Waals surface area (Å²) in [7, 11) is 0. The molecule has 0 radical (unpaired) electrons. The number of likely N-dealkylation sites (tertiary alicyclic amines) is 2. The Morgan fingerprint density at radius 3 is 2.25 bits per heavy atom. The van der Waals surface area contributed by atoms with E-state index in [9.17, 15) is 4.79 Å². The summed E-state index contributed by atoms with van der Waals surface area (Å²) in [5.41, 5.74) is 5.64. The van der Waals surface area contributed by atoms with E-state index in [4.69, 9.17) is 10.5 Å². The first kappa shape index (κ1) is 14.3. The normalized spacial score (nSPS) is 28.8. The van der Waals surface area contributed by atoms with Gasteiger partial charge in [0.15, 0.2) is 0 Å². The lowest BCUT2D eigenvalue weighted by molar-refractivity contribution is -0.142. The molecule has 0 saturated carbocycles. The van der Waals surface area contributed by atoms with Crippen LogP contribution >= 0.6 is 0 Å². The lowest BCUT2D eigenvalue weighted by atomic mass is 9.88. The van der Waals surface area contributed by atoms with E-state index in [0.29, 0.717) is 32.1 Å². The zero-order valence-corrected chi connectivity index (χ0v) is 12.4. The molecule has 114 valence electrons. The van der Waals surface area contributed by atoms with Crippen molar-refractivity contribution in [3.05, 3.63) is 0 Å². The molecule has 3 aliphatic heterocycles. The zero-order chi connectivity index (χ0) is 14.0. The van der Waals surface area contributed by atoms with Crippen LogP contribution in [0.5, 0.6) is 0 Å². The summed E-state index contributed by atoms with van der Waals surface area (Å²) in [5.74, 6) is 0.153. The third-order valence-corrected chi connectivity index (χ3v) is 5.22. The van der Waals surface area contributed by atoms with E-state index >= 15 is 0 Å². The summed E-state index contributed by atoms with van der Waals surface area (Å²) < 4.78 is 5.33. The van der Waals surface area contributed by atoms with E-state index < -0.39 is 5.54 Å². The van der Waals surface area contributed by atoms with Crippen LogP contribution in [0.1, 0.15) is 38.5 Å². The molecule has 0 bridgehead atoms. The Labute approximate surface area is 121 Å². The second kappa shape index (κ2) is 6.00. The monoisotopic (exact) mass is 281 g/mol. The third kappa shape index (κ3) is 2.85. The van der Waals surface area contributed by atoms with Gasteiger partial charge in [-0.1, -0.05) is 0 Å². The second-order valence-corrected chi connectivity index (χ2v) is 6.53. The summed E-state index contributed by atoms with van der Waals surface area (Å²) in [6.07, 6.45) is 6.22. The summed E-state index contributed by atoms with van der Waals surface area (Å²) in [4.78, 5) is 17.2. The van der Waals surface area contributed by atoms with Gasteiger partial charge in [-0.15, -0.1) is 0 Å². The zero-order valence-electron chi connectivity index (χ0n) is 12.4. The fourth-order valence-electron chi connectivity index (χ4n) is 3.81. The molecular formula is C15H27N3O2. The highest BCUT2D eigenvalue weighted by Crippen LogP contribution is 2.25. The quantitative estimate of drug-likeness (QED) is 0.804. The fraction of sp³-hybridized carbons (Fsp3) is 0.933. The summed E-state index contributed by atoms with van der Waals surface area (Å²) in [6, 6.07) is 0.685. The Kier molecular flexibility index (Phi) is 4.29. The van der Waals surface area contributed by atoms with Crippen molar-refractivity contribution in [3.63, 3.8) is 0 Å². The van der Waals surface area contributed by atoms with Crippen molar-refractivity contribution in [2.24, 2.45) is 5.73 Å². The average Bonchev–Trinajstić information content (AvgIpc) is 3.02. The molecule has 0 aromatic rings. The van der Waals surface area contributed by atoms with E-state index in [1.807, 2.05) is 4.90 Å². The Bertz CT molecular complexity index is 341. The lowest BCUT2D eigenvalue weighted by Gasteiger charge is -2.41. The van der Waals surface area contributed by atoms with Gasteiger partial charge in [0.05, 0.1) is 5.54 Å². The van der Waals surface area contributed by atoms with Crippen LogP contribution in [0, 0.1) is 0 Å². The van der Waals surface area contributed by atoms with E-state index in [0.717, 1.165) is 25.9 Å². The predicted octanol–water partition coefficient (Wildman–Crippen LogP) is 0.581. The first-order chi connectivity index (χ1) is 9.69. The molecule has 0 aromatic heterocycles. The third-order valence-electron chi connectivity index (χ3n) is 5.22. The maximum Gasteiger partial charge on any atom is 0.242 e. The molecule has 3 heterocycles. The maximum absolute atomic E-state index is 12.6. The van der Waals surface area contributed by atoms with E-state index in [-0.39, 0.29) is 5.91 Å². The maximum atomic E-state index is 12.6. The smallest absolute Gasteiger partial charge is 0.242 e. The van der Waals surface area contributed by atoms with Crippen LogP contribution in [0.25, 0.3) is 0 Å². The summed E-state index contributed by atoms with van der Waals surface area (Å²) in [6.45, 7) is 5.48. The Morgan fingerprint density at radius 2 is 1.65 bits per heavy atom. The van der Waals surface area contributed by atoms with Crippen LogP contribution in [0.15, 0.2) is 0 Å². The SMILES string of the molecule is NC1(C(=O)N2CCC(N3CCCC3)CC2)CCOCC1. The topological polar surface area (TPSA) is 58.8 Å². The molecule has 1 amide bonds. The molecule has 2 N–H and O–H groups in total. The Morgan fingerprint density at radius 1 is 1.05 bits per heavy atom. The number of nitrogens with two attached hydrogens (primary N) is 1. The number of nitrogens with zero attached hydrogens (tertiary/aromatic N) is 2. The van der Waals surface area contributed by atoms with Gasteiger partial charge < -0.3 is 20.3 Å².